The average molecular weight is 315 g/mol. The fraction of sp³-hybridized carbons (Fsp3) is 0.500. The van der Waals surface area contributed by atoms with Crippen LogP contribution in [0.4, 0.5) is 0 Å². The number of aliphatic hydroxyl groups excluding tert-OH is 1. The van der Waals surface area contributed by atoms with Crippen LogP contribution >= 0.6 is 0 Å². The van der Waals surface area contributed by atoms with E-state index in [2.05, 4.69) is 4.72 Å². The molecule has 118 valence electrons. The largest absolute Gasteiger partial charge is 0.462 e. The first-order valence-electron chi connectivity index (χ1n) is 6.81. The van der Waals surface area contributed by atoms with E-state index in [1.807, 2.05) is 0 Å². The van der Waals surface area contributed by atoms with E-state index in [4.69, 9.17) is 9.84 Å². The number of esters is 1. The first kappa shape index (κ1) is 17.6. The van der Waals surface area contributed by atoms with Crippen molar-refractivity contribution >= 4 is 16.0 Å². The Balaban J connectivity index is 2.65. The Labute approximate surface area is 125 Å². The zero-order valence-electron chi connectivity index (χ0n) is 12.2. The molecular formula is C14H21NO5S. The van der Waals surface area contributed by atoms with Gasteiger partial charge in [-0.2, -0.15) is 0 Å². The fourth-order valence-corrected chi connectivity index (χ4v) is 2.75. The Morgan fingerprint density at radius 3 is 2.48 bits per heavy atom. The molecule has 1 atom stereocenters. The maximum Gasteiger partial charge on any atom is 0.338 e. The molecular weight excluding hydrogens is 294 g/mol. The van der Waals surface area contributed by atoms with E-state index in [1.165, 1.54) is 24.3 Å². The van der Waals surface area contributed by atoms with Crippen LogP contribution in [0.5, 0.6) is 0 Å². The zero-order valence-corrected chi connectivity index (χ0v) is 13.0. The van der Waals surface area contributed by atoms with Crippen LogP contribution in [-0.2, 0) is 14.8 Å². The van der Waals surface area contributed by atoms with Crippen molar-refractivity contribution in [1.82, 2.24) is 4.72 Å². The van der Waals surface area contributed by atoms with Gasteiger partial charge in [-0.1, -0.05) is 0 Å². The molecule has 7 heteroatoms. The Kier molecular flexibility index (Phi) is 6.80. The van der Waals surface area contributed by atoms with Gasteiger partial charge in [-0.15, -0.1) is 0 Å². The van der Waals surface area contributed by atoms with Crippen LogP contribution in [-0.4, -0.2) is 38.7 Å². The molecule has 0 amide bonds. The minimum Gasteiger partial charge on any atom is -0.462 e. The Bertz CT molecular complexity index is 551. The van der Waals surface area contributed by atoms with E-state index in [9.17, 15) is 13.2 Å². The normalized spacial score (nSPS) is 12.9. The van der Waals surface area contributed by atoms with Gasteiger partial charge in [0.25, 0.3) is 0 Å². The van der Waals surface area contributed by atoms with Crippen LogP contribution in [0.25, 0.3) is 0 Å². The second kappa shape index (κ2) is 8.11. The molecule has 0 saturated carbocycles. The molecule has 0 aliphatic heterocycles. The van der Waals surface area contributed by atoms with Crippen LogP contribution < -0.4 is 4.72 Å². The van der Waals surface area contributed by atoms with Gasteiger partial charge in [-0.05, 0) is 51.0 Å². The lowest BCUT2D eigenvalue weighted by atomic mass is 10.2. The first-order chi connectivity index (χ1) is 9.86. The van der Waals surface area contributed by atoms with Gasteiger partial charge in [0, 0.05) is 6.54 Å². The number of nitrogens with one attached hydrogen (secondary N) is 1. The molecule has 1 aromatic rings. The number of carbonyl (C=O) groups is 1. The van der Waals surface area contributed by atoms with Crippen molar-refractivity contribution in [3.63, 3.8) is 0 Å². The number of hydrogen-bond acceptors (Lipinski definition) is 5. The summed E-state index contributed by atoms with van der Waals surface area (Å²) in [7, 11) is -3.60. The zero-order chi connectivity index (χ0) is 15.9. The molecule has 1 unspecified atom stereocenters. The highest BCUT2D eigenvalue weighted by Gasteiger charge is 2.14. The van der Waals surface area contributed by atoms with Gasteiger partial charge in [-0.3, -0.25) is 0 Å². The van der Waals surface area contributed by atoms with E-state index in [-0.39, 0.29) is 18.0 Å². The van der Waals surface area contributed by atoms with Gasteiger partial charge < -0.3 is 9.84 Å². The van der Waals surface area contributed by atoms with Gasteiger partial charge in [-0.25, -0.2) is 17.9 Å². The minimum absolute atomic E-state index is 0.0904. The molecule has 0 aromatic heterocycles. The minimum atomic E-state index is -3.60. The smallest absolute Gasteiger partial charge is 0.338 e. The Morgan fingerprint density at radius 1 is 1.33 bits per heavy atom. The summed E-state index contributed by atoms with van der Waals surface area (Å²) in [6.07, 6.45) is 0.639. The van der Waals surface area contributed by atoms with E-state index < -0.39 is 22.1 Å². The summed E-state index contributed by atoms with van der Waals surface area (Å²) in [6, 6.07) is 5.57. The first-order valence-corrected chi connectivity index (χ1v) is 8.30. The van der Waals surface area contributed by atoms with Crippen molar-refractivity contribution in [3.8, 4) is 0 Å². The molecule has 0 spiro atoms. The van der Waals surface area contributed by atoms with Gasteiger partial charge in [0.05, 0.1) is 23.2 Å². The summed E-state index contributed by atoms with van der Waals surface area (Å²) in [5.74, 6) is -0.480. The summed E-state index contributed by atoms with van der Waals surface area (Å²) in [5.41, 5.74) is 0.310. The molecule has 0 heterocycles. The number of aliphatic hydroxyl groups is 1. The third-order valence-electron chi connectivity index (χ3n) is 2.77. The van der Waals surface area contributed by atoms with Crippen LogP contribution in [0.2, 0.25) is 0 Å². The number of hydrogen-bond donors (Lipinski definition) is 2. The van der Waals surface area contributed by atoms with Crippen LogP contribution in [0.3, 0.4) is 0 Å². The molecule has 6 nitrogen and oxygen atoms in total. The van der Waals surface area contributed by atoms with Crippen LogP contribution in [0.15, 0.2) is 29.2 Å². The van der Waals surface area contributed by atoms with Gasteiger partial charge in [0.2, 0.25) is 10.0 Å². The Hall–Kier alpha value is -1.44. The number of rotatable bonds is 8. The number of sulfonamides is 1. The second-order valence-corrected chi connectivity index (χ2v) is 6.40. The van der Waals surface area contributed by atoms with Crippen molar-refractivity contribution in [3.05, 3.63) is 29.8 Å². The summed E-state index contributed by atoms with van der Waals surface area (Å²) < 4.78 is 31.3. The summed E-state index contributed by atoms with van der Waals surface area (Å²) in [4.78, 5) is 11.6. The van der Waals surface area contributed by atoms with Gasteiger partial charge in [0.1, 0.15) is 0 Å². The lowest BCUT2D eigenvalue weighted by Crippen LogP contribution is -2.25. The predicted molar refractivity (Wildman–Crippen MR) is 78.5 cm³/mol. The molecule has 1 rings (SSSR count). The lowest BCUT2D eigenvalue weighted by Gasteiger charge is -2.08. The van der Waals surface area contributed by atoms with Gasteiger partial charge >= 0.3 is 5.97 Å². The number of carbonyl (C=O) groups excluding carboxylic acids is 1. The average Bonchev–Trinajstić information content (AvgIpc) is 2.44. The molecule has 0 fully saturated rings. The lowest BCUT2D eigenvalue weighted by molar-refractivity contribution is 0.0526. The van der Waals surface area contributed by atoms with Crippen molar-refractivity contribution in [2.24, 2.45) is 0 Å². The topological polar surface area (TPSA) is 92.7 Å². The molecule has 2 N–H and O–H groups in total. The van der Waals surface area contributed by atoms with Crippen molar-refractivity contribution < 1.29 is 23.1 Å². The number of benzene rings is 1. The standard InChI is InChI=1S/C14H21NO5S/c1-3-20-14(17)12-6-8-13(9-7-12)21(18,19)15-10-4-5-11(2)16/h6-9,11,15-16H,3-5,10H2,1-2H3. The number of ether oxygens (including phenoxy) is 1. The molecule has 1 aromatic carbocycles. The van der Waals surface area contributed by atoms with Crippen molar-refractivity contribution in [2.45, 2.75) is 37.7 Å². The van der Waals surface area contributed by atoms with E-state index in [1.54, 1.807) is 13.8 Å². The molecule has 0 aliphatic carbocycles. The highest BCUT2D eigenvalue weighted by atomic mass is 32.2. The van der Waals surface area contributed by atoms with Crippen molar-refractivity contribution in [2.75, 3.05) is 13.2 Å². The second-order valence-electron chi connectivity index (χ2n) is 4.63. The van der Waals surface area contributed by atoms with Gasteiger partial charge in [0.15, 0.2) is 0 Å². The summed E-state index contributed by atoms with van der Waals surface area (Å²) >= 11 is 0. The van der Waals surface area contributed by atoms with Crippen LogP contribution in [0, 0.1) is 0 Å². The van der Waals surface area contributed by atoms with E-state index >= 15 is 0 Å². The molecule has 21 heavy (non-hydrogen) atoms. The highest BCUT2D eigenvalue weighted by Crippen LogP contribution is 2.11. The SMILES string of the molecule is CCOC(=O)c1ccc(S(=O)(=O)NCCCC(C)O)cc1. The molecule has 0 aliphatic rings. The van der Waals surface area contributed by atoms with Crippen LogP contribution in [0.1, 0.15) is 37.0 Å². The highest BCUT2D eigenvalue weighted by molar-refractivity contribution is 7.89. The van der Waals surface area contributed by atoms with E-state index in [0.717, 1.165) is 0 Å². The third-order valence-corrected chi connectivity index (χ3v) is 4.24. The van der Waals surface area contributed by atoms with Crippen molar-refractivity contribution in [1.29, 1.82) is 0 Å². The quantitative estimate of drug-likeness (QED) is 0.557. The summed E-state index contributed by atoms with van der Waals surface area (Å²) in [5, 5.41) is 9.10. The molecule has 0 saturated heterocycles. The van der Waals surface area contributed by atoms with E-state index in [0.29, 0.717) is 18.4 Å². The third kappa shape index (κ3) is 5.82. The monoisotopic (exact) mass is 315 g/mol. The fourth-order valence-electron chi connectivity index (χ4n) is 1.67. The maximum atomic E-state index is 12.0. The Morgan fingerprint density at radius 2 is 1.95 bits per heavy atom. The summed E-state index contributed by atoms with van der Waals surface area (Å²) in [6.45, 7) is 3.88. The molecule has 0 bridgehead atoms. The molecule has 0 radical (unpaired) electrons. The maximum absolute atomic E-state index is 12.0. The predicted octanol–water partition coefficient (Wildman–Crippen LogP) is 1.30.